The first-order valence-corrected chi connectivity index (χ1v) is 13.2. The minimum absolute atomic E-state index is 0.141. The summed E-state index contributed by atoms with van der Waals surface area (Å²) in [5.74, 6) is 0.867. The molecule has 9 nitrogen and oxygen atoms in total. The zero-order valence-electron chi connectivity index (χ0n) is 20.0. The molecule has 2 aliphatic heterocycles. The van der Waals surface area contributed by atoms with Crippen molar-refractivity contribution in [1.29, 1.82) is 0 Å². The largest absolute Gasteiger partial charge is 0.487 e. The van der Waals surface area contributed by atoms with Gasteiger partial charge in [-0.1, -0.05) is 0 Å². The number of hydrogen-bond acceptors (Lipinski definition) is 8. The van der Waals surface area contributed by atoms with E-state index in [9.17, 15) is 13.2 Å². The van der Waals surface area contributed by atoms with Crippen LogP contribution in [0.4, 0.5) is 4.79 Å². The van der Waals surface area contributed by atoms with Gasteiger partial charge in [-0.2, -0.15) is 18.6 Å². The van der Waals surface area contributed by atoms with Crippen molar-refractivity contribution in [3.05, 3.63) is 41.6 Å². The third kappa shape index (κ3) is 6.04. The van der Waals surface area contributed by atoms with E-state index in [-0.39, 0.29) is 18.3 Å². The van der Waals surface area contributed by atoms with Gasteiger partial charge in [0.15, 0.2) is 0 Å². The van der Waals surface area contributed by atoms with Crippen molar-refractivity contribution < 1.29 is 26.9 Å². The van der Waals surface area contributed by atoms with Crippen LogP contribution >= 0.6 is 0 Å². The Labute approximate surface area is 200 Å². The summed E-state index contributed by atoms with van der Waals surface area (Å²) in [6, 6.07) is 9.48. The lowest BCUT2D eigenvalue weighted by atomic mass is 9.83. The molecular formula is C24H31N3O6S. The number of piperidine rings is 1. The standard InChI is InChI=1S/C24H31N3O6S/c1-23(2,3)33-22(28)27-13-11-24(12-14-27)10-9-18-15-17(5-8-21(18)32-24)20-7-6-19(25-26-20)16-31-34(4,29)30/h5-8,15H,9-14,16H2,1-4H3. The Kier molecular flexibility index (Phi) is 6.56. The van der Waals surface area contributed by atoms with Crippen molar-refractivity contribution in [3.8, 4) is 17.0 Å². The second kappa shape index (κ2) is 9.14. The van der Waals surface area contributed by atoms with E-state index in [1.54, 1.807) is 17.0 Å². The fourth-order valence-corrected chi connectivity index (χ4v) is 4.55. The van der Waals surface area contributed by atoms with Gasteiger partial charge < -0.3 is 14.4 Å². The van der Waals surface area contributed by atoms with Gasteiger partial charge in [0.25, 0.3) is 10.1 Å². The normalized spacial score (nSPS) is 17.7. The molecule has 0 bridgehead atoms. The lowest BCUT2D eigenvalue weighted by Gasteiger charge is -2.44. The lowest BCUT2D eigenvalue weighted by molar-refractivity contribution is -0.0272. The third-order valence-corrected chi connectivity index (χ3v) is 6.55. The minimum atomic E-state index is -3.53. The molecule has 0 N–H and O–H groups in total. The Morgan fingerprint density at radius 1 is 1.12 bits per heavy atom. The van der Waals surface area contributed by atoms with Crippen LogP contribution < -0.4 is 4.74 Å². The van der Waals surface area contributed by atoms with Gasteiger partial charge >= 0.3 is 6.09 Å². The first kappa shape index (κ1) is 24.4. The number of fused-ring (bicyclic) bond motifs is 1. The molecular weight excluding hydrogens is 458 g/mol. The van der Waals surface area contributed by atoms with Crippen LogP contribution in [0.1, 0.15) is 51.3 Å². The fourth-order valence-electron chi connectivity index (χ4n) is 4.21. The molecule has 10 heteroatoms. The van der Waals surface area contributed by atoms with Gasteiger partial charge in [0.05, 0.1) is 17.6 Å². The number of carbonyl (C=O) groups excluding carboxylic acids is 1. The Morgan fingerprint density at radius 3 is 2.47 bits per heavy atom. The van der Waals surface area contributed by atoms with Crippen LogP contribution in [-0.2, 0) is 32.1 Å². The average Bonchev–Trinajstić information content (AvgIpc) is 2.76. The van der Waals surface area contributed by atoms with Crippen LogP contribution in [-0.4, -0.2) is 60.2 Å². The Balaban J connectivity index is 1.39. The van der Waals surface area contributed by atoms with Gasteiger partial charge in [-0.05, 0) is 69.5 Å². The summed E-state index contributed by atoms with van der Waals surface area (Å²) < 4.78 is 39.0. The molecule has 1 aromatic heterocycles. The quantitative estimate of drug-likeness (QED) is 0.598. The molecule has 1 amide bonds. The maximum atomic E-state index is 12.4. The SMILES string of the molecule is CC(C)(C)OC(=O)N1CCC2(CCc3cc(-c4ccc(COS(C)(=O)=O)nn4)ccc3O2)CC1. The first-order chi connectivity index (χ1) is 15.9. The summed E-state index contributed by atoms with van der Waals surface area (Å²) in [6.07, 6.45) is 4.05. The van der Waals surface area contributed by atoms with E-state index in [2.05, 4.69) is 16.3 Å². The van der Waals surface area contributed by atoms with Crippen LogP contribution in [0.25, 0.3) is 11.3 Å². The van der Waals surface area contributed by atoms with Crippen LogP contribution in [0.3, 0.4) is 0 Å². The molecule has 3 heterocycles. The van der Waals surface area contributed by atoms with Gasteiger partial charge in [0, 0.05) is 31.5 Å². The third-order valence-electron chi connectivity index (χ3n) is 6.00. The monoisotopic (exact) mass is 489 g/mol. The van der Waals surface area contributed by atoms with Crippen molar-refractivity contribution in [2.75, 3.05) is 19.3 Å². The lowest BCUT2D eigenvalue weighted by Crippen LogP contribution is -2.52. The van der Waals surface area contributed by atoms with Gasteiger partial charge in [0.2, 0.25) is 0 Å². The molecule has 0 unspecified atom stereocenters. The molecule has 1 spiro atoms. The van der Waals surface area contributed by atoms with Crippen molar-refractivity contribution in [2.45, 2.75) is 64.3 Å². The number of rotatable bonds is 4. The average molecular weight is 490 g/mol. The predicted octanol–water partition coefficient (Wildman–Crippen LogP) is 3.71. The highest BCUT2D eigenvalue weighted by molar-refractivity contribution is 7.85. The molecule has 0 atom stereocenters. The number of likely N-dealkylation sites (tertiary alicyclic amines) is 1. The van der Waals surface area contributed by atoms with Gasteiger partial charge in [0.1, 0.15) is 23.6 Å². The maximum Gasteiger partial charge on any atom is 0.410 e. The highest BCUT2D eigenvalue weighted by Crippen LogP contribution is 2.40. The Bertz CT molecular complexity index is 1150. The second-order valence-electron chi connectivity index (χ2n) is 9.95. The van der Waals surface area contributed by atoms with Gasteiger partial charge in [-0.3, -0.25) is 4.18 Å². The summed E-state index contributed by atoms with van der Waals surface area (Å²) in [7, 11) is -3.53. The van der Waals surface area contributed by atoms with E-state index in [1.807, 2.05) is 32.9 Å². The van der Waals surface area contributed by atoms with E-state index in [0.717, 1.165) is 48.8 Å². The van der Waals surface area contributed by atoms with Crippen LogP contribution in [0.5, 0.6) is 5.75 Å². The number of aryl methyl sites for hydroxylation is 1. The molecule has 2 aliphatic rings. The van der Waals surface area contributed by atoms with E-state index >= 15 is 0 Å². The predicted molar refractivity (Wildman–Crippen MR) is 126 cm³/mol. The van der Waals surface area contributed by atoms with Crippen molar-refractivity contribution in [1.82, 2.24) is 15.1 Å². The Morgan fingerprint density at radius 2 is 1.85 bits per heavy atom. The summed E-state index contributed by atoms with van der Waals surface area (Å²) in [5, 5.41) is 8.29. The smallest absolute Gasteiger partial charge is 0.410 e. The summed E-state index contributed by atoms with van der Waals surface area (Å²) in [4.78, 5) is 14.1. The van der Waals surface area contributed by atoms with Crippen LogP contribution in [0, 0.1) is 0 Å². The molecule has 4 rings (SSSR count). The fraction of sp³-hybridized carbons (Fsp3) is 0.542. The topological polar surface area (TPSA) is 108 Å². The molecule has 34 heavy (non-hydrogen) atoms. The van der Waals surface area contributed by atoms with Gasteiger partial charge in [-0.15, -0.1) is 0 Å². The number of carbonyl (C=O) groups is 1. The van der Waals surface area contributed by atoms with E-state index in [0.29, 0.717) is 24.5 Å². The summed E-state index contributed by atoms with van der Waals surface area (Å²) >= 11 is 0. The number of nitrogens with zero attached hydrogens (tertiary/aromatic N) is 3. The minimum Gasteiger partial charge on any atom is -0.487 e. The zero-order chi connectivity index (χ0) is 24.6. The van der Waals surface area contributed by atoms with E-state index in [1.165, 1.54) is 0 Å². The highest BCUT2D eigenvalue weighted by Gasteiger charge is 2.41. The molecule has 0 aliphatic carbocycles. The van der Waals surface area contributed by atoms with Gasteiger partial charge in [-0.25, -0.2) is 4.79 Å². The van der Waals surface area contributed by atoms with Crippen molar-refractivity contribution in [2.24, 2.45) is 0 Å². The molecule has 1 saturated heterocycles. The van der Waals surface area contributed by atoms with E-state index < -0.39 is 15.7 Å². The highest BCUT2D eigenvalue weighted by atomic mass is 32.2. The molecule has 1 fully saturated rings. The summed E-state index contributed by atoms with van der Waals surface area (Å²) in [6.45, 7) is 6.72. The van der Waals surface area contributed by atoms with Crippen molar-refractivity contribution >= 4 is 16.2 Å². The molecule has 184 valence electrons. The molecule has 0 radical (unpaired) electrons. The number of benzene rings is 1. The van der Waals surface area contributed by atoms with Crippen LogP contribution in [0.15, 0.2) is 30.3 Å². The van der Waals surface area contributed by atoms with E-state index in [4.69, 9.17) is 13.7 Å². The number of aromatic nitrogens is 2. The second-order valence-corrected chi connectivity index (χ2v) is 11.6. The van der Waals surface area contributed by atoms with Crippen molar-refractivity contribution in [3.63, 3.8) is 0 Å². The Hall–Kier alpha value is -2.72. The number of amides is 1. The first-order valence-electron chi connectivity index (χ1n) is 11.4. The molecule has 1 aromatic carbocycles. The molecule has 0 saturated carbocycles. The van der Waals surface area contributed by atoms with Crippen LogP contribution in [0.2, 0.25) is 0 Å². The molecule has 2 aromatic rings. The number of ether oxygens (including phenoxy) is 2. The summed E-state index contributed by atoms with van der Waals surface area (Å²) in [5.41, 5.74) is 2.41. The maximum absolute atomic E-state index is 12.4. The zero-order valence-corrected chi connectivity index (χ0v) is 20.9. The number of hydrogen-bond donors (Lipinski definition) is 0.